The monoisotopic (exact) mass is 201 g/mol. The lowest BCUT2D eigenvalue weighted by molar-refractivity contribution is -0.108. The van der Waals surface area contributed by atoms with E-state index in [2.05, 4.69) is 0 Å². The summed E-state index contributed by atoms with van der Waals surface area (Å²) in [6.07, 6.45) is 2.57. The summed E-state index contributed by atoms with van der Waals surface area (Å²) in [4.78, 5) is 21.9. The summed E-state index contributed by atoms with van der Waals surface area (Å²) in [7, 11) is 0. The van der Waals surface area contributed by atoms with Crippen molar-refractivity contribution in [2.24, 2.45) is 0 Å². The average molecular weight is 201 g/mol. The number of Topliss-reactive ketones (excluding diaryl/α,β-unsaturated/α-hetero) is 1. The highest BCUT2D eigenvalue weighted by atomic mass is 16.1. The molecule has 0 aliphatic heterocycles. The molecule has 0 N–H and O–H groups in total. The summed E-state index contributed by atoms with van der Waals surface area (Å²) in [5, 5.41) is 0.909. The zero-order valence-corrected chi connectivity index (χ0v) is 8.43. The standard InChI is InChI=1S/C12H11NO2/c1-9(15)11-8-13(6-7-14)12-5-3-2-4-10(11)12/h2-5,7-8H,6H2,1H3. The molecule has 0 saturated heterocycles. The lowest BCUT2D eigenvalue weighted by Crippen LogP contribution is -1.96. The Morgan fingerprint density at radius 1 is 1.40 bits per heavy atom. The first-order chi connectivity index (χ1) is 7.24. The number of aromatic nitrogens is 1. The normalized spacial score (nSPS) is 10.5. The Morgan fingerprint density at radius 2 is 2.13 bits per heavy atom. The molecule has 0 radical (unpaired) electrons. The molecule has 0 spiro atoms. The van der Waals surface area contributed by atoms with Crippen molar-refractivity contribution in [1.82, 2.24) is 4.57 Å². The third-order valence-corrected chi connectivity index (χ3v) is 2.44. The predicted molar refractivity (Wildman–Crippen MR) is 58.0 cm³/mol. The van der Waals surface area contributed by atoms with E-state index < -0.39 is 0 Å². The van der Waals surface area contributed by atoms with Gasteiger partial charge in [-0.3, -0.25) is 4.79 Å². The number of carbonyl (C=O) groups excluding carboxylic acids is 2. The highest BCUT2D eigenvalue weighted by Crippen LogP contribution is 2.21. The maximum absolute atomic E-state index is 11.4. The van der Waals surface area contributed by atoms with Crippen LogP contribution in [-0.2, 0) is 11.3 Å². The number of hydrogen-bond acceptors (Lipinski definition) is 2. The van der Waals surface area contributed by atoms with Crippen molar-refractivity contribution in [3.05, 3.63) is 36.0 Å². The van der Waals surface area contributed by atoms with Gasteiger partial charge in [-0.05, 0) is 13.0 Å². The van der Waals surface area contributed by atoms with E-state index in [1.165, 1.54) is 6.92 Å². The highest BCUT2D eigenvalue weighted by Gasteiger charge is 2.10. The lowest BCUT2D eigenvalue weighted by atomic mass is 10.1. The molecule has 2 aromatic rings. The molecule has 3 nitrogen and oxygen atoms in total. The van der Waals surface area contributed by atoms with Crippen molar-refractivity contribution in [3.63, 3.8) is 0 Å². The van der Waals surface area contributed by atoms with Crippen LogP contribution >= 0.6 is 0 Å². The molecule has 1 heterocycles. The van der Waals surface area contributed by atoms with Crippen LogP contribution in [0.5, 0.6) is 0 Å². The summed E-state index contributed by atoms with van der Waals surface area (Å²) in [5.74, 6) is 0.0239. The molecule has 0 atom stereocenters. The Balaban J connectivity index is 2.72. The fourth-order valence-corrected chi connectivity index (χ4v) is 1.76. The molecule has 2 rings (SSSR count). The fourth-order valence-electron chi connectivity index (χ4n) is 1.76. The number of rotatable bonds is 3. The molecule has 0 aliphatic carbocycles. The summed E-state index contributed by atoms with van der Waals surface area (Å²) < 4.78 is 1.79. The molecular formula is C12H11NO2. The van der Waals surface area contributed by atoms with Gasteiger partial charge in [0, 0.05) is 22.7 Å². The quantitative estimate of drug-likeness (QED) is 0.563. The molecule has 76 valence electrons. The molecule has 0 bridgehead atoms. The van der Waals surface area contributed by atoms with Gasteiger partial charge >= 0.3 is 0 Å². The second kappa shape index (κ2) is 3.69. The number of hydrogen-bond donors (Lipinski definition) is 0. The third-order valence-electron chi connectivity index (χ3n) is 2.44. The number of benzene rings is 1. The number of ketones is 1. The first-order valence-corrected chi connectivity index (χ1v) is 4.76. The van der Waals surface area contributed by atoms with Gasteiger partial charge in [0.1, 0.15) is 6.29 Å². The van der Waals surface area contributed by atoms with Crippen molar-refractivity contribution in [1.29, 1.82) is 0 Å². The van der Waals surface area contributed by atoms with Crippen molar-refractivity contribution < 1.29 is 9.59 Å². The average Bonchev–Trinajstić information content (AvgIpc) is 2.59. The van der Waals surface area contributed by atoms with E-state index in [4.69, 9.17) is 0 Å². The van der Waals surface area contributed by atoms with Crippen molar-refractivity contribution in [2.75, 3.05) is 0 Å². The number of para-hydroxylation sites is 1. The Kier molecular flexibility index (Phi) is 2.37. The molecule has 1 aromatic carbocycles. The summed E-state index contributed by atoms with van der Waals surface area (Å²) in [6, 6.07) is 7.59. The topological polar surface area (TPSA) is 39.1 Å². The van der Waals surface area contributed by atoms with Crippen LogP contribution in [-0.4, -0.2) is 16.6 Å². The molecule has 3 heteroatoms. The minimum absolute atomic E-state index is 0.0239. The Morgan fingerprint density at radius 3 is 2.80 bits per heavy atom. The van der Waals surface area contributed by atoms with E-state index in [1.807, 2.05) is 24.3 Å². The van der Waals surface area contributed by atoms with Crippen molar-refractivity contribution in [2.45, 2.75) is 13.5 Å². The van der Waals surface area contributed by atoms with E-state index in [1.54, 1.807) is 10.8 Å². The molecule has 0 saturated carbocycles. The van der Waals surface area contributed by atoms with Gasteiger partial charge in [0.2, 0.25) is 0 Å². The molecule has 0 amide bonds. The van der Waals surface area contributed by atoms with E-state index in [9.17, 15) is 9.59 Å². The summed E-state index contributed by atoms with van der Waals surface area (Å²) in [6.45, 7) is 1.82. The largest absolute Gasteiger partial charge is 0.340 e. The minimum Gasteiger partial charge on any atom is -0.340 e. The molecule has 0 unspecified atom stereocenters. The summed E-state index contributed by atoms with van der Waals surface area (Å²) in [5.41, 5.74) is 1.60. The van der Waals surface area contributed by atoms with E-state index in [0.717, 1.165) is 17.2 Å². The van der Waals surface area contributed by atoms with Crippen LogP contribution in [0.2, 0.25) is 0 Å². The minimum atomic E-state index is 0.0239. The molecular weight excluding hydrogens is 190 g/mol. The van der Waals surface area contributed by atoms with Gasteiger partial charge < -0.3 is 9.36 Å². The highest BCUT2D eigenvalue weighted by molar-refractivity contribution is 6.07. The van der Waals surface area contributed by atoms with E-state index >= 15 is 0 Å². The number of nitrogens with zero attached hydrogens (tertiary/aromatic N) is 1. The van der Waals surface area contributed by atoms with E-state index in [0.29, 0.717) is 5.56 Å². The van der Waals surface area contributed by atoms with Crippen molar-refractivity contribution in [3.8, 4) is 0 Å². The maximum atomic E-state index is 11.4. The predicted octanol–water partition coefficient (Wildman–Crippen LogP) is 2.04. The maximum Gasteiger partial charge on any atom is 0.161 e. The Bertz CT molecular complexity index is 525. The van der Waals surface area contributed by atoms with Crippen LogP contribution in [0.25, 0.3) is 10.9 Å². The van der Waals surface area contributed by atoms with Crippen LogP contribution in [0, 0.1) is 0 Å². The Labute approximate surface area is 87.3 Å². The molecule has 15 heavy (non-hydrogen) atoms. The van der Waals surface area contributed by atoms with Crippen molar-refractivity contribution >= 4 is 23.0 Å². The van der Waals surface area contributed by atoms with Crippen LogP contribution < -0.4 is 0 Å². The fraction of sp³-hybridized carbons (Fsp3) is 0.167. The zero-order valence-electron chi connectivity index (χ0n) is 8.43. The number of aldehydes is 1. The van der Waals surface area contributed by atoms with Gasteiger partial charge in [0.15, 0.2) is 5.78 Å². The SMILES string of the molecule is CC(=O)c1cn(CC=O)c2ccccc12. The van der Waals surface area contributed by atoms with E-state index in [-0.39, 0.29) is 12.3 Å². The van der Waals surface area contributed by atoms with Crippen LogP contribution in [0.1, 0.15) is 17.3 Å². The van der Waals surface area contributed by atoms with Crippen LogP contribution in [0.4, 0.5) is 0 Å². The summed E-state index contributed by atoms with van der Waals surface area (Å²) >= 11 is 0. The lowest BCUT2D eigenvalue weighted by Gasteiger charge is -1.97. The number of carbonyl (C=O) groups is 2. The van der Waals surface area contributed by atoms with Gasteiger partial charge in [0.05, 0.1) is 6.54 Å². The first kappa shape index (κ1) is 9.65. The first-order valence-electron chi connectivity index (χ1n) is 4.76. The molecule has 0 aliphatic rings. The van der Waals surface area contributed by atoms with Crippen LogP contribution in [0.15, 0.2) is 30.5 Å². The smallest absolute Gasteiger partial charge is 0.161 e. The van der Waals surface area contributed by atoms with Gasteiger partial charge in [-0.25, -0.2) is 0 Å². The molecule has 0 fully saturated rings. The second-order valence-electron chi connectivity index (χ2n) is 3.44. The Hall–Kier alpha value is -1.90. The third kappa shape index (κ3) is 1.56. The zero-order chi connectivity index (χ0) is 10.8. The van der Waals surface area contributed by atoms with Crippen LogP contribution in [0.3, 0.4) is 0 Å². The van der Waals surface area contributed by atoms with Gasteiger partial charge in [-0.1, -0.05) is 18.2 Å². The number of fused-ring (bicyclic) bond motifs is 1. The second-order valence-corrected chi connectivity index (χ2v) is 3.44. The van der Waals surface area contributed by atoms with Gasteiger partial charge in [-0.15, -0.1) is 0 Å². The molecule has 1 aromatic heterocycles. The van der Waals surface area contributed by atoms with Gasteiger partial charge in [0.25, 0.3) is 0 Å². The van der Waals surface area contributed by atoms with Gasteiger partial charge in [-0.2, -0.15) is 0 Å².